The lowest BCUT2D eigenvalue weighted by molar-refractivity contribution is 0.0879. The SMILES string of the molecule is N#Cc1ccccc1C(=O)NC(CO)CO. The Morgan fingerprint density at radius 2 is 2.00 bits per heavy atom. The predicted octanol–water partition coefficient (Wildman–Crippen LogP) is -0.359. The second-order valence-electron chi connectivity index (χ2n) is 3.19. The maximum Gasteiger partial charge on any atom is 0.253 e. The van der Waals surface area contributed by atoms with Crippen LogP contribution in [0.5, 0.6) is 0 Å². The molecule has 3 N–H and O–H groups in total. The summed E-state index contributed by atoms with van der Waals surface area (Å²) in [5.74, 6) is -0.481. The normalized spacial score (nSPS) is 9.88. The van der Waals surface area contributed by atoms with Gasteiger partial charge >= 0.3 is 0 Å². The van der Waals surface area contributed by atoms with E-state index in [1.165, 1.54) is 12.1 Å². The fourth-order valence-electron chi connectivity index (χ4n) is 1.19. The lowest BCUT2D eigenvalue weighted by Crippen LogP contribution is -2.40. The average Bonchev–Trinajstić information content (AvgIpc) is 2.35. The number of nitriles is 1. The molecule has 1 aromatic rings. The fraction of sp³-hybridized carbons (Fsp3) is 0.273. The van der Waals surface area contributed by atoms with Crippen LogP contribution in [-0.2, 0) is 0 Å². The van der Waals surface area contributed by atoms with Crippen molar-refractivity contribution in [2.24, 2.45) is 0 Å². The number of hydrogen-bond donors (Lipinski definition) is 3. The summed E-state index contributed by atoms with van der Waals surface area (Å²) in [5, 5.41) is 28.8. The minimum Gasteiger partial charge on any atom is -0.394 e. The first-order valence-corrected chi connectivity index (χ1v) is 4.74. The molecule has 0 saturated carbocycles. The molecule has 0 aliphatic heterocycles. The molecule has 0 radical (unpaired) electrons. The van der Waals surface area contributed by atoms with Crippen molar-refractivity contribution in [2.45, 2.75) is 6.04 Å². The molecule has 0 heterocycles. The van der Waals surface area contributed by atoms with E-state index in [1.807, 2.05) is 6.07 Å². The highest BCUT2D eigenvalue weighted by Gasteiger charge is 2.14. The van der Waals surface area contributed by atoms with Crippen molar-refractivity contribution in [2.75, 3.05) is 13.2 Å². The highest BCUT2D eigenvalue weighted by atomic mass is 16.3. The number of aliphatic hydroxyl groups is 2. The van der Waals surface area contributed by atoms with E-state index in [4.69, 9.17) is 15.5 Å². The summed E-state index contributed by atoms with van der Waals surface area (Å²) in [5.41, 5.74) is 0.492. The molecule has 0 bridgehead atoms. The lowest BCUT2D eigenvalue weighted by atomic mass is 10.1. The van der Waals surface area contributed by atoms with Crippen LogP contribution in [0.25, 0.3) is 0 Å². The Labute approximate surface area is 92.9 Å². The number of nitrogens with one attached hydrogen (secondary N) is 1. The van der Waals surface area contributed by atoms with Gasteiger partial charge < -0.3 is 15.5 Å². The molecule has 0 saturated heterocycles. The van der Waals surface area contributed by atoms with Crippen LogP contribution in [-0.4, -0.2) is 35.4 Å². The number of nitrogens with zero attached hydrogens (tertiary/aromatic N) is 1. The third-order valence-corrected chi connectivity index (χ3v) is 2.07. The molecule has 0 fully saturated rings. The molecule has 1 amide bonds. The highest BCUT2D eigenvalue weighted by molar-refractivity contribution is 5.96. The minimum atomic E-state index is -0.709. The van der Waals surface area contributed by atoms with Crippen molar-refractivity contribution in [3.63, 3.8) is 0 Å². The van der Waals surface area contributed by atoms with Crippen LogP contribution in [0.4, 0.5) is 0 Å². The number of carbonyl (C=O) groups excluding carboxylic acids is 1. The van der Waals surface area contributed by atoms with Crippen LogP contribution in [0.15, 0.2) is 24.3 Å². The summed E-state index contributed by atoms with van der Waals surface area (Å²) in [6.45, 7) is -0.700. The van der Waals surface area contributed by atoms with Gasteiger partial charge in [0.1, 0.15) is 0 Å². The molecule has 0 atom stereocenters. The monoisotopic (exact) mass is 220 g/mol. The van der Waals surface area contributed by atoms with E-state index in [0.717, 1.165) is 0 Å². The number of rotatable bonds is 4. The largest absolute Gasteiger partial charge is 0.394 e. The molecule has 5 heteroatoms. The van der Waals surface area contributed by atoms with Crippen LogP contribution in [0.3, 0.4) is 0 Å². The van der Waals surface area contributed by atoms with Crippen molar-refractivity contribution in [1.82, 2.24) is 5.32 Å². The first-order valence-electron chi connectivity index (χ1n) is 4.74. The second-order valence-corrected chi connectivity index (χ2v) is 3.19. The van der Waals surface area contributed by atoms with Gasteiger partial charge in [0.25, 0.3) is 5.91 Å². The summed E-state index contributed by atoms with van der Waals surface area (Å²) in [4.78, 5) is 11.7. The predicted molar refractivity (Wildman–Crippen MR) is 56.6 cm³/mol. The second kappa shape index (κ2) is 5.85. The Morgan fingerprint density at radius 3 is 2.56 bits per heavy atom. The van der Waals surface area contributed by atoms with E-state index in [1.54, 1.807) is 12.1 Å². The highest BCUT2D eigenvalue weighted by Crippen LogP contribution is 2.07. The summed E-state index contributed by atoms with van der Waals surface area (Å²) in [6, 6.07) is 7.53. The molecule has 1 rings (SSSR count). The zero-order chi connectivity index (χ0) is 12.0. The van der Waals surface area contributed by atoms with Gasteiger partial charge in [-0.05, 0) is 12.1 Å². The van der Waals surface area contributed by atoms with Crippen molar-refractivity contribution in [3.8, 4) is 6.07 Å². The third kappa shape index (κ3) is 2.79. The van der Waals surface area contributed by atoms with E-state index in [-0.39, 0.29) is 24.3 Å². The molecule has 0 aliphatic rings. The third-order valence-electron chi connectivity index (χ3n) is 2.07. The molecule has 16 heavy (non-hydrogen) atoms. The Bertz CT molecular complexity index is 408. The number of hydrogen-bond acceptors (Lipinski definition) is 4. The fourth-order valence-corrected chi connectivity index (χ4v) is 1.19. The number of amides is 1. The smallest absolute Gasteiger partial charge is 0.253 e. The van der Waals surface area contributed by atoms with E-state index < -0.39 is 11.9 Å². The van der Waals surface area contributed by atoms with Crippen LogP contribution >= 0.6 is 0 Å². The maximum absolute atomic E-state index is 11.7. The molecule has 84 valence electrons. The van der Waals surface area contributed by atoms with E-state index in [2.05, 4.69) is 5.32 Å². The number of carbonyl (C=O) groups is 1. The zero-order valence-corrected chi connectivity index (χ0v) is 8.55. The van der Waals surface area contributed by atoms with Gasteiger partial charge in [-0.2, -0.15) is 5.26 Å². The summed E-state index contributed by atoms with van der Waals surface area (Å²) in [7, 11) is 0. The molecule has 5 nitrogen and oxygen atoms in total. The average molecular weight is 220 g/mol. The van der Waals surface area contributed by atoms with Crippen molar-refractivity contribution in [3.05, 3.63) is 35.4 Å². The summed E-state index contributed by atoms with van der Waals surface area (Å²) >= 11 is 0. The molecular weight excluding hydrogens is 208 g/mol. The van der Waals surface area contributed by atoms with Crippen molar-refractivity contribution < 1.29 is 15.0 Å². The summed E-state index contributed by atoms with van der Waals surface area (Å²) in [6.07, 6.45) is 0. The van der Waals surface area contributed by atoms with Gasteiger partial charge in [-0.1, -0.05) is 12.1 Å². The van der Waals surface area contributed by atoms with Crippen LogP contribution in [0.2, 0.25) is 0 Å². The van der Waals surface area contributed by atoms with E-state index in [9.17, 15) is 4.79 Å². The van der Waals surface area contributed by atoms with Crippen LogP contribution in [0, 0.1) is 11.3 Å². The molecule has 0 aromatic heterocycles. The van der Waals surface area contributed by atoms with Crippen LogP contribution in [0.1, 0.15) is 15.9 Å². The molecular formula is C11H12N2O3. The van der Waals surface area contributed by atoms with Gasteiger partial charge in [0.2, 0.25) is 0 Å². The van der Waals surface area contributed by atoms with Gasteiger partial charge in [-0.3, -0.25) is 4.79 Å². The Kier molecular flexibility index (Phi) is 4.45. The molecule has 0 spiro atoms. The topological polar surface area (TPSA) is 93.4 Å². The first kappa shape index (κ1) is 12.2. The van der Waals surface area contributed by atoms with Gasteiger partial charge in [0.05, 0.1) is 36.5 Å². The van der Waals surface area contributed by atoms with Gasteiger partial charge in [-0.25, -0.2) is 0 Å². The van der Waals surface area contributed by atoms with E-state index >= 15 is 0 Å². The molecule has 1 aromatic carbocycles. The number of aliphatic hydroxyl groups excluding tert-OH is 2. The van der Waals surface area contributed by atoms with Crippen LogP contribution < -0.4 is 5.32 Å². The van der Waals surface area contributed by atoms with Crippen molar-refractivity contribution in [1.29, 1.82) is 5.26 Å². The van der Waals surface area contributed by atoms with Gasteiger partial charge in [-0.15, -0.1) is 0 Å². The summed E-state index contributed by atoms with van der Waals surface area (Å²) < 4.78 is 0. The quantitative estimate of drug-likeness (QED) is 0.646. The zero-order valence-electron chi connectivity index (χ0n) is 8.55. The Hall–Kier alpha value is -1.90. The number of benzene rings is 1. The van der Waals surface area contributed by atoms with Gasteiger partial charge in [0, 0.05) is 0 Å². The van der Waals surface area contributed by atoms with E-state index in [0.29, 0.717) is 0 Å². The Morgan fingerprint density at radius 1 is 1.38 bits per heavy atom. The maximum atomic E-state index is 11.7. The van der Waals surface area contributed by atoms with Gasteiger partial charge in [0.15, 0.2) is 0 Å². The minimum absolute atomic E-state index is 0.233. The standard InChI is InChI=1S/C11H12N2O3/c12-5-8-3-1-2-4-10(8)11(16)13-9(6-14)7-15/h1-4,9,14-15H,6-7H2,(H,13,16). The molecule has 0 aliphatic carbocycles. The first-order chi connectivity index (χ1) is 7.72. The van der Waals surface area contributed by atoms with Crippen molar-refractivity contribution >= 4 is 5.91 Å². The lowest BCUT2D eigenvalue weighted by Gasteiger charge is -2.13. The Balaban J connectivity index is 2.85. The molecule has 0 unspecified atom stereocenters.